The molecule has 0 saturated carbocycles. The zero-order chi connectivity index (χ0) is 14.7. The Balaban J connectivity index is 2.40. The lowest BCUT2D eigenvalue weighted by Crippen LogP contribution is -2.08. The van der Waals surface area contributed by atoms with Gasteiger partial charge in [-0.2, -0.15) is 5.10 Å². The molecule has 0 amide bonds. The van der Waals surface area contributed by atoms with Crippen molar-refractivity contribution in [2.45, 2.75) is 26.9 Å². The average Bonchev–Trinajstić information content (AvgIpc) is 2.72. The Morgan fingerprint density at radius 3 is 2.55 bits per heavy atom. The Labute approximate surface area is 118 Å². The number of methoxy groups -OCH3 is 2. The van der Waals surface area contributed by atoms with Crippen LogP contribution in [0.5, 0.6) is 11.5 Å². The number of hydrogen-bond acceptors (Lipinski definition) is 5. The van der Waals surface area contributed by atoms with Crippen LogP contribution in [-0.2, 0) is 13.1 Å². The first-order chi connectivity index (χ1) is 9.62. The highest BCUT2D eigenvalue weighted by Gasteiger charge is 2.15. The van der Waals surface area contributed by atoms with Crippen molar-refractivity contribution in [1.82, 2.24) is 14.8 Å². The molecule has 6 nitrogen and oxygen atoms in total. The van der Waals surface area contributed by atoms with E-state index >= 15 is 0 Å². The quantitative estimate of drug-likeness (QED) is 0.894. The van der Waals surface area contributed by atoms with Crippen molar-refractivity contribution in [3.05, 3.63) is 34.9 Å². The second-order valence-corrected chi connectivity index (χ2v) is 4.50. The van der Waals surface area contributed by atoms with Crippen molar-refractivity contribution >= 4 is 0 Å². The fourth-order valence-corrected chi connectivity index (χ4v) is 2.29. The number of nitrogens with zero attached hydrogens (tertiary/aromatic N) is 3. The normalized spacial score (nSPS) is 10.7. The third-order valence-corrected chi connectivity index (χ3v) is 3.40. The molecule has 0 fully saturated rings. The minimum Gasteiger partial charge on any atom is -0.493 e. The Bertz CT molecular complexity index is 607. The van der Waals surface area contributed by atoms with Crippen LogP contribution in [0.1, 0.15) is 22.6 Å². The van der Waals surface area contributed by atoms with Crippen LogP contribution in [0.4, 0.5) is 0 Å². The van der Waals surface area contributed by atoms with Gasteiger partial charge in [0.1, 0.15) is 5.69 Å². The standard InChI is InChI=1S/C14H20N4O2/c1-9-11(7-15)10(2)18(17-9)8-12-14(20-4)13(19-3)5-6-16-12/h5-6H,7-8,15H2,1-4H3. The maximum absolute atomic E-state index is 5.75. The van der Waals surface area contributed by atoms with Crippen LogP contribution < -0.4 is 15.2 Å². The first-order valence-corrected chi connectivity index (χ1v) is 6.41. The van der Waals surface area contributed by atoms with Gasteiger partial charge >= 0.3 is 0 Å². The van der Waals surface area contributed by atoms with Crippen molar-refractivity contribution in [3.63, 3.8) is 0 Å². The van der Waals surface area contributed by atoms with Crippen LogP contribution in [0.15, 0.2) is 12.3 Å². The van der Waals surface area contributed by atoms with Gasteiger partial charge in [-0.15, -0.1) is 0 Å². The van der Waals surface area contributed by atoms with Crippen molar-refractivity contribution in [1.29, 1.82) is 0 Å². The fraction of sp³-hybridized carbons (Fsp3) is 0.429. The van der Waals surface area contributed by atoms with E-state index in [9.17, 15) is 0 Å². The number of aryl methyl sites for hydroxylation is 1. The van der Waals surface area contributed by atoms with Crippen LogP contribution >= 0.6 is 0 Å². The molecule has 0 radical (unpaired) electrons. The largest absolute Gasteiger partial charge is 0.493 e. The van der Waals surface area contributed by atoms with E-state index in [0.717, 1.165) is 22.6 Å². The van der Waals surface area contributed by atoms with Crippen molar-refractivity contribution < 1.29 is 9.47 Å². The van der Waals surface area contributed by atoms with E-state index in [1.54, 1.807) is 26.5 Å². The van der Waals surface area contributed by atoms with Crippen LogP contribution in [0.2, 0.25) is 0 Å². The maximum atomic E-state index is 5.75. The molecule has 108 valence electrons. The minimum atomic E-state index is 0.486. The van der Waals surface area contributed by atoms with Gasteiger partial charge < -0.3 is 15.2 Å². The molecule has 2 rings (SSSR count). The molecule has 0 spiro atoms. The van der Waals surface area contributed by atoms with E-state index in [4.69, 9.17) is 15.2 Å². The lowest BCUT2D eigenvalue weighted by atomic mass is 10.2. The van der Waals surface area contributed by atoms with E-state index in [-0.39, 0.29) is 0 Å². The van der Waals surface area contributed by atoms with Crippen LogP contribution in [0.3, 0.4) is 0 Å². The zero-order valence-corrected chi connectivity index (χ0v) is 12.3. The summed E-state index contributed by atoms with van der Waals surface area (Å²) in [6.45, 7) is 4.98. The zero-order valence-electron chi connectivity index (χ0n) is 12.3. The number of nitrogens with two attached hydrogens (primary N) is 1. The van der Waals surface area contributed by atoms with Gasteiger partial charge in [-0.1, -0.05) is 0 Å². The summed E-state index contributed by atoms with van der Waals surface area (Å²) < 4.78 is 12.6. The predicted molar refractivity (Wildman–Crippen MR) is 76.0 cm³/mol. The SMILES string of the molecule is COc1ccnc(Cn2nc(C)c(CN)c2C)c1OC. The first kappa shape index (κ1) is 14.3. The molecule has 0 atom stereocenters. The van der Waals surface area contributed by atoms with Gasteiger partial charge in [0.15, 0.2) is 11.5 Å². The highest BCUT2D eigenvalue weighted by Crippen LogP contribution is 2.29. The number of aromatic nitrogens is 3. The molecule has 0 saturated heterocycles. The highest BCUT2D eigenvalue weighted by molar-refractivity contribution is 5.42. The third kappa shape index (κ3) is 2.46. The summed E-state index contributed by atoms with van der Waals surface area (Å²) in [6.07, 6.45) is 1.70. The molecule has 2 heterocycles. The summed E-state index contributed by atoms with van der Waals surface area (Å²) in [5.41, 5.74) is 9.60. The summed E-state index contributed by atoms with van der Waals surface area (Å²) in [5.74, 6) is 1.30. The lowest BCUT2D eigenvalue weighted by molar-refractivity contribution is 0.347. The van der Waals surface area contributed by atoms with E-state index in [1.165, 1.54) is 0 Å². The molecule has 0 bridgehead atoms. The third-order valence-electron chi connectivity index (χ3n) is 3.40. The molecule has 0 aliphatic carbocycles. The van der Waals surface area contributed by atoms with Crippen LogP contribution in [0.25, 0.3) is 0 Å². The summed E-state index contributed by atoms with van der Waals surface area (Å²) in [6, 6.07) is 1.77. The first-order valence-electron chi connectivity index (χ1n) is 6.41. The van der Waals surface area contributed by atoms with Gasteiger partial charge in [0.05, 0.1) is 26.5 Å². The molecular formula is C14H20N4O2. The van der Waals surface area contributed by atoms with E-state index in [0.29, 0.717) is 24.6 Å². The number of rotatable bonds is 5. The molecule has 0 aliphatic rings. The molecular weight excluding hydrogens is 256 g/mol. The molecule has 6 heteroatoms. The van der Waals surface area contributed by atoms with Gasteiger partial charge in [0, 0.05) is 30.1 Å². The van der Waals surface area contributed by atoms with Gasteiger partial charge in [-0.25, -0.2) is 0 Å². The monoisotopic (exact) mass is 276 g/mol. The fourth-order valence-electron chi connectivity index (χ4n) is 2.29. The van der Waals surface area contributed by atoms with Gasteiger partial charge in [0.25, 0.3) is 0 Å². The number of pyridine rings is 1. The molecule has 20 heavy (non-hydrogen) atoms. The molecule has 0 unspecified atom stereocenters. The van der Waals surface area contributed by atoms with Gasteiger partial charge in [0.2, 0.25) is 0 Å². The molecule has 2 aromatic rings. The Hall–Kier alpha value is -2.08. The van der Waals surface area contributed by atoms with Crippen molar-refractivity contribution in [3.8, 4) is 11.5 Å². The molecule has 2 N–H and O–H groups in total. The Kier molecular flexibility index (Phi) is 4.24. The second-order valence-electron chi connectivity index (χ2n) is 4.50. The summed E-state index contributed by atoms with van der Waals surface area (Å²) >= 11 is 0. The molecule has 0 aliphatic heterocycles. The van der Waals surface area contributed by atoms with Crippen molar-refractivity contribution in [2.24, 2.45) is 5.73 Å². The lowest BCUT2D eigenvalue weighted by Gasteiger charge is -2.12. The van der Waals surface area contributed by atoms with Crippen molar-refractivity contribution in [2.75, 3.05) is 14.2 Å². The maximum Gasteiger partial charge on any atom is 0.184 e. The Morgan fingerprint density at radius 2 is 2.00 bits per heavy atom. The van der Waals surface area contributed by atoms with E-state index < -0.39 is 0 Å². The minimum absolute atomic E-state index is 0.486. The van der Waals surface area contributed by atoms with Gasteiger partial charge in [-0.3, -0.25) is 9.67 Å². The topological polar surface area (TPSA) is 75.2 Å². The number of ether oxygens (including phenoxy) is 2. The van der Waals surface area contributed by atoms with Crippen LogP contribution in [0, 0.1) is 13.8 Å². The van der Waals surface area contributed by atoms with E-state index in [2.05, 4.69) is 10.1 Å². The molecule has 2 aromatic heterocycles. The average molecular weight is 276 g/mol. The van der Waals surface area contributed by atoms with E-state index in [1.807, 2.05) is 18.5 Å². The smallest absolute Gasteiger partial charge is 0.184 e. The summed E-state index contributed by atoms with van der Waals surface area (Å²) in [7, 11) is 3.22. The predicted octanol–water partition coefficient (Wildman–Crippen LogP) is 1.42. The second kappa shape index (κ2) is 5.92. The highest BCUT2D eigenvalue weighted by atomic mass is 16.5. The number of hydrogen-bond donors (Lipinski definition) is 1. The summed E-state index contributed by atoms with van der Waals surface area (Å²) in [4.78, 5) is 4.36. The van der Waals surface area contributed by atoms with Gasteiger partial charge in [-0.05, 0) is 13.8 Å². The molecule has 0 aromatic carbocycles. The van der Waals surface area contributed by atoms with Crippen LogP contribution in [-0.4, -0.2) is 29.0 Å². The Morgan fingerprint density at radius 1 is 1.25 bits per heavy atom. The summed E-state index contributed by atoms with van der Waals surface area (Å²) in [5, 5.41) is 4.51.